The van der Waals surface area contributed by atoms with Crippen LogP contribution in [0.25, 0.3) is 11.0 Å². The number of ketones is 1. The molecule has 0 radical (unpaired) electrons. The van der Waals surface area contributed by atoms with Crippen LogP contribution in [0.1, 0.15) is 106 Å². The second-order valence-corrected chi connectivity index (χ2v) is 14.4. The summed E-state index contributed by atoms with van der Waals surface area (Å²) in [6, 6.07) is 21.7. The van der Waals surface area contributed by atoms with E-state index >= 15 is 0 Å². The van der Waals surface area contributed by atoms with E-state index in [9.17, 15) is 9.59 Å². The van der Waals surface area contributed by atoms with Crippen LogP contribution in [-0.2, 0) is 17.8 Å². The highest BCUT2D eigenvalue weighted by Crippen LogP contribution is 2.30. The number of carbonyl (C=O) groups excluding carboxylic acids is 2. The molecular formula is C39H52N4O2S. The van der Waals surface area contributed by atoms with Gasteiger partial charge in [-0.15, -0.1) is 11.3 Å². The summed E-state index contributed by atoms with van der Waals surface area (Å²) in [7, 11) is 0. The number of amides is 1. The van der Waals surface area contributed by atoms with E-state index in [0.29, 0.717) is 23.6 Å². The van der Waals surface area contributed by atoms with E-state index in [1.807, 2.05) is 17.0 Å². The number of rotatable bonds is 15. The molecule has 46 heavy (non-hydrogen) atoms. The molecule has 1 fully saturated rings. The third-order valence-electron chi connectivity index (χ3n) is 9.77. The lowest BCUT2D eigenvalue weighted by molar-refractivity contribution is -0.137. The minimum atomic E-state index is -0.303. The standard InChI is InChI=1S/C39H52N4O2S/c1-6-32(7-2)43-36-17-16-30(24-35(36)40-38(43)26-34-15-12-22-46-34)37(44)25-31(23-28(4)5)39(45)42-20-18-33(19-21-42)41(8-3)27-29-13-10-9-11-14-29/h9-17,22,24,28,31-33H,6-8,18-21,23,25-27H2,1-5H3/t31-/m1/s1. The number of imidazole rings is 1. The molecule has 4 aromatic rings. The highest BCUT2D eigenvalue weighted by atomic mass is 32.1. The van der Waals surface area contributed by atoms with Gasteiger partial charge in [-0.3, -0.25) is 14.5 Å². The molecule has 1 aliphatic rings. The highest BCUT2D eigenvalue weighted by molar-refractivity contribution is 7.09. The van der Waals surface area contributed by atoms with Gasteiger partial charge in [0.1, 0.15) is 5.82 Å². The summed E-state index contributed by atoms with van der Waals surface area (Å²) < 4.78 is 2.39. The lowest BCUT2D eigenvalue weighted by Crippen LogP contribution is -2.48. The summed E-state index contributed by atoms with van der Waals surface area (Å²) in [6.45, 7) is 14.4. The SMILES string of the molecule is CCC(CC)n1c(Cc2cccs2)nc2cc(C(=O)C[C@@H](CC(C)C)C(=O)N3CCC(N(CC)Cc4ccccc4)CC3)ccc21. The number of hydrogen-bond acceptors (Lipinski definition) is 5. The Hall–Kier alpha value is -3.29. The van der Waals surface area contributed by atoms with Gasteiger partial charge in [0.25, 0.3) is 0 Å². The number of nitrogens with zero attached hydrogens (tertiary/aromatic N) is 4. The number of Topliss-reactive ketones (excluding diaryl/α,β-unsaturated/α-hetero) is 1. The summed E-state index contributed by atoms with van der Waals surface area (Å²) in [4.78, 5) is 38.7. The molecule has 0 N–H and O–H groups in total. The Bertz CT molecular complexity index is 1550. The zero-order valence-corrected chi connectivity index (χ0v) is 29.3. The summed E-state index contributed by atoms with van der Waals surface area (Å²) in [5.74, 6) is 1.26. The van der Waals surface area contributed by atoms with Crippen LogP contribution in [0.3, 0.4) is 0 Å². The summed E-state index contributed by atoms with van der Waals surface area (Å²) in [6.07, 6.45) is 5.75. The smallest absolute Gasteiger partial charge is 0.226 e. The number of likely N-dealkylation sites (tertiary alicyclic amines) is 1. The van der Waals surface area contributed by atoms with Gasteiger partial charge in [-0.05, 0) is 79.8 Å². The van der Waals surface area contributed by atoms with E-state index in [1.165, 1.54) is 10.4 Å². The molecule has 1 amide bonds. The quantitative estimate of drug-likeness (QED) is 0.122. The molecule has 0 saturated carbocycles. The maximum atomic E-state index is 13.9. The third kappa shape index (κ3) is 8.16. The van der Waals surface area contributed by atoms with Crippen LogP contribution in [-0.4, -0.2) is 56.7 Å². The van der Waals surface area contributed by atoms with Gasteiger partial charge >= 0.3 is 0 Å². The molecular weight excluding hydrogens is 589 g/mol. The molecule has 5 rings (SSSR count). The molecule has 2 aromatic carbocycles. The highest BCUT2D eigenvalue weighted by Gasteiger charge is 2.32. The van der Waals surface area contributed by atoms with Crippen molar-refractivity contribution in [1.82, 2.24) is 19.4 Å². The zero-order valence-electron chi connectivity index (χ0n) is 28.5. The Morgan fingerprint density at radius 3 is 2.35 bits per heavy atom. The topological polar surface area (TPSA) is 58.4 Å². The van der Waals surface area contributed by atoms with Gasteiger partial charge in [0.2, 0.25) is 5.91 Å². The van der Waals surface area contributed by atoms with E-state index in [4.69, 9.17) is 4.98 Å². The second-order valence-electron chi connectivity index (χ2n) is 13.4. The first-order chi connectivity index (χ1) is 22.3. The van der Waals surface area contributed by atoms with Crippen molar-refractivity contribution in [3.8, 4) is 0 Å². The van der Waals surface area contributed by atoms with Gasteiger partial charge in [-0.25, -0.2) is 4.98 Å². The second kappa shape index (κ2) is 16.0. The molecule has 3 heterocycles. The van der Waals surface area contributed by atoms with Crippen LogP contribution in [0.4, 0.5) is 0 Å². The van der Waals surface area contributed by atoms with Crippen LogP contribution >= 0.6 is 11.3 Å². The van der Waals surface area contributed by atoms with Gasteiger partial charge in [-0.2, -0.15) is 0 Å². The van der Waals surface area contributed by atoms with Gasteiger partial charge in [0, 0.05) is 60.9 Å². The molecule has 1 atom stereocenters. The van der Waals surface area contributed by atoms with E-state index in [1.54, 1.807) is 11.3 Å². The van der Waals surface area contributed by atoms with Crippen molar-refractivity contribution in [2.45, 2.75) is 98.2 Å². The van der Waals surface area contributed by atoms with Crippen molar-refractivity contribution in [2.75, 3.05) is 19.6 Å². The molecule has 0 spiro atoms. The fraction of sp³-hybridized carbons (Fsp3) is 0.513. The van der Waals surface area contributed by atoms with Crippen LogP contribution in [0.5, 0.6) is 0 Å². The molecule has 7 heteroatoms. The van der Waals surface area contributed by atoms with E-state index in [2.05, 4.69) is 98.0 Å². The van der Waals surface area contributed by atoms with E-state index in [0.717, 1.165) is 81.6 Å². The number of piperidine rings is 1. The summed E-state index contributed by atoms with van der Waals surface area (Å²) in [5, 5.41) is 2.11. The van der Waals surface area contributed by atoms with E-state index in [-0.39, 0.29) is 24.0 Å². The van der Waals surface area contributed by atoms with Gasteiger partial charge in [-0.1, -0.05) is 71.0 Å². The maximum Gasteiger partial charge on any atom is 0.226 e. The Morgan fingerprint density at radius 1 is 0.978 bits per heavy atom. The first kappa shape index (κ1) is 34.1. The minimum Gasteiger partial charge on any atom is -0.342 e. The average molecular weight is 641 g/mol. The van der Waals surface area contributed by atoms with Gasteiger partial charge in [0.15, 0.2) is 5.78 Å². The van der Waals surface area contributed by atoms with Crippen molar-refractivity contribution in [2.24, 2.45) is 11.8 Å². The Balaban J connectivity index is 1.28. The number of benzene rings is 2. The normalized spacial score (nSPS) is 15.0. The molecule has 1 aliphatic heterocycles. The molecule has 1 saturated heterocycles. The fourth-order valence-electron chi connectivity index (χ4n) is 7.29. The molecule has 0 bridgehead atoms. The monoisotopic (exact) mass is 640 g/mol. The number of fused-ring (bicyclic) bond motifs is 1. The predicted molar refractivity (Wildman–Crippen MR) is 190 cm³/mol. The molecule has 0 aliphatic carbocycles. The largest absolute Gasteiger partial charge is 0.342 e. The van der Waals surface area contributed by atoms with Crippen LogP contribution in [0, 0.1) is 11.8 Å². The van der Waals surface area contributed by atoms with Crippen LogP contribution in [0.2, 0.25) is 0 Å². The number of hydrogen-bond donors (Lipinski definition) is 0. The number of carbonyl (C=O) groups is 2. The molecule has 246 valence electrons. The minimum absolute atomic E-state index is 0.0349. The number of thiophene rings is 1. The lowest BCUT2D eigenvalue weighted by atomic mass is 9.88. The van der Waals surface area contributed by atoms with Crippen molar-refractivity contribution in [3.63, 3.8) is 0 Å². The Morgan fingerprint density at radius 2 is 1.72 bits per heavy atom. The Kier molecular flexibility index (Phi) is 11.9. The van der Waals surface area contributed by atoms with Crippen LogP contribution in [0.15, 0.2) is 66.0 Å². The van der Waals surface area contributed by atoms with Crippen molar-refractivity contribution >= 4 is 34.1 Å². The van der Waals surface area contributed by atoms with Crippen molar-refractivity contribution in [1.29, 1.82) is 0 Å². The van der Waals surface area contributed by atoms with Gasteiger partial charge < -0.3 is 9.47 Å². The van der Waals surface area contributed by atoms with Crippen molar-refractivity contribution < 1.29 is 9.59 Å². The molecule has 6 nitrogen and oxygen atoms in total. The predicted octanol–water partition coefficient (Wildman–Crippen LogP) is 8.80. The Labute approximate surface area is 279 Å². The first-order valence-corrected chi connectivity index (χ1v) is 18.3. The van der Waals surface area contributed by atoms with Crippen LogP contribution < -0.4 is 0 Å². The van der Waals surface area contributed by atoms with Gasteiger partial charge in [0.05, 0.1) is 11.0 Å². The molecule has 0 unspecified atom stereocenters. The molecule has 2 aromatic heterocycles. The number of aromatic nitrogens is 2. The maximum absolute atomic E-state index is 13.9. The zero-order chi connectivity index (χ0) is 32.6. The van der Waals surface area contributed by atoms with E-state index < -0.39 is 0 Å². The van der Waals surface area contributed by atoms with Crippen molar-refractivity contribution in [3.05, 3.63) is 87.9 Å². The summed E-state index contributed by atoms with van der Waals surface area (Å²) >= 11 is 1.75. The average Bonchev–Trinajstić information content (AvgIpc) is 3.71. The first-order valence-electron chi connectivity index (χ1n) is 17.4. The summed E-state index contributed by atoms with van der Waals surface area (Å²) in [5.41, 5.74) is 3.94. The lowest BCUT2D eigenvalue weighted by Gasteiger charge is -2.39. The third-order valence-corrected chi connectivity index (χ3v) is 10.6. The fourth-order valence-corrected chi connectivity index (χ4v) is 7.99.